The maximum absolute atomic E-state index is 11.8. The minimum absolute atomic E-state index is 0.238. The summed E-state index contributed by atoms with van der Waals surface area (Å²) < 4.78 is 5.31. The van der Waals surface area contributed by atoms with E-state index in [1.165, 1.54) is 6.20 Å². The predicted octanol–water partition coefficient (Wildman–Crippen LogP) is 1.71. The second-order valence-corrected chi connectivity index (χ2v) is 4.95. The highest BCUT2D eigenvalue weighted by Crippen LogP contribution is 2.11. The fourth-order valence-electron chi connectivity index (χ4n) is 1.49. The summed E-state index contributed by atoms with van der Waals surface area (Å²) >= 11 is 0. The van der Waals surface area contributed by atoms with Crippen molar-refractivity contribution in [1.29, 1.82) is 0 Å². The van der Waals surface area contributed by atoms with Gasteiger partial charge in [0.15, 0.2) is 0 Å². The largest absolute Gasteiger partial charge is 0.444 e. The van der Waals surface area contributed by atoms with Gasteiger partial charge in [0.1, 0.15) is 5.60 Å². The monoisotopic (exact) mass is 239 g/mol. The van der Waals surface area contributed by atoms with Crippen molar-refractivity contribution >= 4 is 12.4 Å². The van der Waals surface area contributed by atoms with E-state index in [1.54, 1.807) is 11.2 Å². The molecule has 0 bridgehead atoms. The summed E-state index contributed by atoms with van der Waals surface area (Å²) in [7, 11) is 0. The fraction of sp³-hybridized carbons (Fsp3) is 0.667. The van der Waals surface area contributed by atoms with Gasteiger partial charge in [0, 0.05) is 32.4 Å². The molecule has 1 amide bonds. The van der Waals surface area contributed by atoms with Crippen molar-refractivity contribution in [2.75, 3.05) is 26.2 Å². The van der Waals surface area contributed by atoms with Crippen LogP contribution in [0.2, 0.25) is 0 Å². The number of carbonyl (C=O) groups is 1. The third kappa shape index (κ3) is 4.89. The minimum atomic E-state index is -0.432. The van der Waals surface area contributed by atoms with Gasteiger partial charge in [-0.05, 0) is 20.8 Å². The number of hydrogen-bond donors (Lipinski definition) is 0. The summed E-state index contributed by atoms with van der Waals surface area (Å²) in [5.74, 6) is 0. The standard InChI is InChI=1S/C12H21N3O2/c1-5-13-10-14-6-8-15(9-7-14)11(16)17-12(2,3)4/h5,10H,1,6-9H2,2-4H3. The molecule has 96 valence electrons. The van der Waals surface area contributed by atoms with Gasteiger partial charge in [-0.2, -0.15) is 0 Å². The van der Waals surface area contributed by atoms with Crippen LogP contribution in [0, 0.1) is 0 Å². The third-order valence-electron chi connectivity index (χ3n) is 2.30. The maximum atomic E-state index is 11.8. The van der Waals surface area contributed by atoms with Gasteiger partial charge < -0.3 is 14.5 Å². The molecular weight excluding hydrogens is 218 g/mol. The Morgan fingerprint density at radius 2 is 1.88 bits per heavy atom. The number of rotatable bonds is 2. The number of carbonyl (C=O) groups excluding carboxylic acids is 1. The first-order chi connectivity index (χ1) is 7.92. The van der Waals surface area contributed by atoms with Crippen LogP contribution in [-0.4, -0.2) is 54.0 Å². The molecule has 1 aliphatic heterocycles. The number of ether oxygens (including phenoxy) is 1. The summed E-state index contributed by atoms with van der Waals surface area (Å²) in [5, 5.41) is 0. The van der Waals surface area contributed by atoms with Crippen LogP contribution in [0.4, 0.5) is 4.79 Å². The van der Waals surface area contributed by atoms with Crippen LogP contribution in [0.25, 0.3) is 0 Å². The van der Waals surface area contributed by atoms with Crippen LogP contribution in [0.3, 0.4) is 0 Å². The molecule has 0 aromatic rings. The molecule has 0 radical (unpaired) electrons. The van der Waals surface area contributed by atoms with Crippen molar-refractivity contribution < 1.29 is 9.53 Å². The average molecular weight is 239 g/mol. The highest BCUT2D eigenvalue weighted by Gasteiger charge is 2.24. The SMILES string of the molecule is C=CN=CN1CCN(C(=O)OC(C)(C)C)CC1. The van der Waals surface area contributed by atoms with E-state index < -0.39 is 5.60 Å². The van der Waals surface area contributed by atoms with Gasteiger partial charge in [0.25, 0.3) is 0 Å². The smallest absolute Gasteiger partial charge is 0.410 e. The molecule has 0 aliphatic carbocycles. The lowest BCUT2D eigenvalue weighted by Crippen LogP contribution is -2.49. The zero-order valence-electron chi connectivity index (χ0n) is 10.8. The Kier molecular flexibility index (Phi) is 4.54. The van der Waals surface area contributed by atoms with E-state index >= 15 is 0 Å². The van der Waals surface area contributed by atoms with Crippen molar-refractivity contribution in [2.24, 2.45) is 4.99 Å². The van der Waals surface area contributed by atoms with Gasteiger partial charge in [-0.15, -0.1) is 0 Å². The van der Waals surface area contributed by atoms with E-state index in [9.17, 15) is 4.79 Å². The Bertz CT molecular complexity index is 299. The molecular formula is C12H21N3O2. The molecule has 0 aromatic heterocycles. The van der Waals surface area contributed by atoms with Gasteiger partial charge in [-0.1, -0.05) is 6.58 Å². The van der Waals surface area contributed by atoms with Gasteiger partial charge in [-0.25, -0.2) is 9.79 Å². The van der Waals surface area contributed by atoms with Crippen LogP contribution < -0.4 is 0 Å². The lowest BCUT2D eigenvalue weighted by molar-refractivity contribution is 0.0189. The molecule has 0 unspecified atom stereocenters. The molecule has 5 heteroatoms. The van der Waals surface area contributed by atoms with E-state index in [0.717, 1.165) is 13.1 Å². The molecule has 1 saturated heterocycles. The average Bonchev–Trinajstić information content (AvgIpc) is 2.24. The molecule has 0 N–H and O–H groups in total. The van der Waals surface area contributed by atoms with E-state index in [4.69, 9.17) is 4.74 Å². The Balaban J connectivity index is 2.39. The van der Waals surface area contributed by atoms with Gasteiger partial charge >= 0.3 is 6.09 Å². The number of aliphatic imine (C=N–C) groups is 1. The second kappa shape index (κ2) is 5.70. The number of amides is 1. The Hall–Kier alpha value is -1.52. The predicted molar refractivity (Wildman–Crippen MR) is 68.1 cm³/mol. The lowest BCUT2D eigenvalue weighted by atomic mass is 10.2. The number of nitrogens with zero attached hydrogens (tertiary/aromatic N) is 3. The van der Waals surface area contributed by atoms with Gasteiger partial charge in [0.05, 0.1) is 6.34 Å². The Morgan fingerprint density at radius 1 is 1.29 bits per heavy atom. The van der Waals surface area contributed by atoms with Crippen LogP contribution in [0.5, 0.6) is 0 Å². The van der Waals surface area contributed by atoms with E-state index in [0.29, 0.717) is 13.1 Å². The maximum Gasteiger partial charge on any atom is 0.410 e. The highest BCUT2D eigenvalue weighted by molar-refractivity contribution is 5.68. The Labute approximate surface area is 103 Å². The molecule has 1 aliphatic rings. The van der Waals surface area contributed by atoms with Crippen molar-refractivity contribution in [3.8, 4) is 0 Å². The Morgan fingerprint density at radius 3 is 2.35 bits per heavy atom. The zero-order chi connectivity index (χ0) is 12.9. The summed E-state index contributed by atoms with van der Waals surface area (Å²) in [6.07, 6.45) is 3.01. The lowest BCUT2D eigenvalue weighted by Gasteiger charge is -2.34. The molecule has 1 heterocycles. The molecule has 17 heavy (non-hydrogen) atoms. The van der Waals surface area contributed by atoms with Gasteiger partial charge in [-0.3, -0.25) is 0 Å². The quantitative estimate of drug-likeness (QED) is 0.544. The number of hydrogen-bond acceptors (Lipinski definition) is 3. The first kappa shape index (κ1) is 13.5. The molecule has 0 atom stereocenters. The first-order valence-corrected chi connectivity index (χ1v) is 5.78. The van der Waals surface area contributed by atoms with Crippen molar-refractivity contribution in [1.82, 2.24) is 9.80 Å². The minimum Gasteiger partial charge on any atom is -0.444 e. The van der Waals surface area contributed by atoms with Crippen LogP contribution in [-0.2, 0) is 4.74 Å². The summed E-state index contributed by atoms with van der Waals surface area (Å²) in [6.45, 7) is 12.0. The highest BCUT2D eigenvalue weighted by atomic mass is 16.6. The molecule has 1 fully saturated rings. The van der Waals surface area contributed by atoms with Crippen LogP contribution in [0.1, 0.15) is 20.8 Å². The fourth-order valence-corrected chi connectivity index (χ4v) is 1.49. The van der Waals surface area contributed by atoms with Crippen molar-refractivity contribution in [3.63, 3.8) is 0 Å². The normalized spacial score (nSPS) is 17.4. The van der Waals surface area contributed by atoms with Crippen LogP contribution >= 0.6 is 0 Å². The molecule has 0 spiro atoms. The summed E-state index contributed by atoms with van der Waals surface area (Å²) in [4.78, 5) is 19.5. The van der Waals surface area contributed by atoms with E-state index in [1.807, 2.05) is 20.8 Å². The van der Waals surface area contributed by atoms with Gasteiger partial charge in [0.2, 0.25) is 0 Å². The topological polar surface area (TPSA) is 45.1 Å². The van der Waals surface area contributed by atoms with E-state index in [2.05, 4.69) is 16.5 Å². The second-order valence-electron chi connectivity index (χ2n) is 4.95. The third-order valence-corrected chi connectivity index (χ3v) is 2.30. The number of piperazine rings is 1. The molecule has 1 rings (SSSR count). The summed E-state index contributed by atoms with van der Waals surface area (Å²) in [6, 6.07) is 0. The first-order valence-electron chi connectivity index (χ1n) is 5.78. The van der Waals surface area contributed by atoms with Crippen molar-refractivity contribution in [2.45, 2.75) is 26.4 Å². The molecule has 5 nitrogen and oxygen atoms in total. The van der Waals surface area contributed by atoms with E-state index in [-0.39, 0.29) is 6.09 Å². The van der Waals surface area contributed by atoms with Crippen molar-refractivity contribution in [3.05, 3.63) is 12.8 Å². The molecule has 0 aromatic carbocycles. The molecule has 0 saturated carbocycles. The zero-order valence-corrected chi connectivity index (χ0v) is 10.8. The van der Waals surface area contributed by atoms with Crippen LogP contribution in [0.15, 0.2) is 17.8 Å². The summed E-state index contributed by atoms with van der Waals surface area (Å²) in [5.41, 5.74) is -0.432.